The first kappa shape index (κ1) is 12.2. The molecule has 1 aliphatic heterocycles. The molecule has 3 rings (SSSR count). The molecule has 2 aromatic rings. The van der Waals surface area contributed by atoms with E-state index in [0.717, 1.165) is 10.0 Å². The summed E-state index contributed by atoms with van der Waals surface area (Å²) >= 11 is 3.35. The summed E-state index contributed by atoms with van der Waals surface area (Å²) < 4.78 is 0.839. The van der Waals surface area contributed by atoms with Gasteiger partial charge in [-0.15, -0.1) is 0 Å². The van der Waals surface area contributed by atoms with Crippen LogP contribution < -0.4 is 10.6 Å². The van der Waals surface area contributed by atoms with Gasteiger partial charge >= 0.3 is 0 Å². The number of benzene rings is 1. The Morgan fingerprint density at radius 1 is 1.26 bits per heavy atom. The topological polar surface area (TPSA) is 54.0 Å². The number of rotatable bonds is 1. The molecule has 0 spiro atoms. The third-order valence-electron chi connectivity index (χ3n) is 3.03. The van der Waals surface area contributed by atoms with Crippen molar-refractivity contribution in [1.82, 2.24) is 4.98 Å². The van der Waals surface area contributed by atoms with E-state index in [2.05, 4.69) is 31.5 Å². The molecule has 0 aliphatic carbocycles. The second-order valence-corrected chi connectivity index (χ2v) is 5.33. The molecule has 1 unspecified atom stereocenters. The summed E-state index contributed by atoms with van der Waals surface area (Å²) in [6.07, 6.45) is 2.10. The second kappa shape index (κ2) is 5.01. The van der Waals surface area contributed by atoms with Crippen molar-refractivity contribution in [2.75, 3.05) is 10.6 Å². The zero-order valence-corrected chi connectivity index (χ0v) is 11.6. The van der Waals surface area contributed by atoms with Crippen molar-refractivity contribution in [3.05, 3.63) is 52.6 Å². The van der Waals surface area contributed by atoms with Gasteiger partial charge in [0, 0.05) is 10.7 Å². The number of aromatic nitrogens is 1. The predicted molar refractivity (Wildman–Crippen MR) is 78.0 cm³/mol. The maximum Gasteiger partial charge on any atom is 0.226 e. The number of pyridine rings is 1. The summed E-state index contributed by atoms with van der Waals surface area (Å²) in [6, 6.07) is 11.7. The first-order valence-corrected chi connectivity index (χ1v) is 6.78. The fourth-order valence-corrected chi connectivity index (χ4v) is 2.47. The molecule has 0 bridgehead atoms. The van der Waals surface area contributed by atoms with Crippen molar-refractivity contribution in [2.24, 2.45) is 0 Å². The Kier molecular flexibility index (Phi) is 3.21. The number of amides is 1. The SMILES string of the molecule is O=C1CC(c2ccccc2)Nc2ncc(Br)cc2N1. The Labute approximate surface area is 119 Å². The summed E-state index contributed by atoms with van der Waals surface area (Å²) in [6.45, 7) is 0. The van der Waals surface area contributed by atoms with Crippen LogP contribution in [0.4, 0.5) is 11.5 Å². The number of nitrogens with zero attached hydrogens (tertiary/aromatic N) is 1. The van der Waals surface area contributed by atoms with Gasteiger partial charge < -0.3 is 10.6 Å². The monoisotopic (exact) mass is 317 g/mol. The Hall–Kier alpha value is -1.88. The normalized spacial score (nSPS) is 17.9. The summed E-state index contributed by atoms with van der Waals surface area (Å²) in [5.41, 5.74) is 1.79. The van der Waals surface area contributed by atoms with E-state index in [0.29, 0.717) is 17.9 Å². The molecule has 0 saturated carbocycles. The van der Waals surface area contributed by atoms with Gasteiger partial charge in [0.05, 0.1) is 18.2 Å². The highest BCUT2D eigenvalue weighted by molar-refractivity contribution is 9.10. The maximum atomic E-state index is 11.9. The fraction of sp³-hybridized carbons (Fsp3) is 0.143. The molecule has 4 nitrogen and oxygen atoms in total. The second-order valence-electron chi connectivity index (χ2n) is 4.41. The van der Waals surface area contributed by atoms with Crippen LogP contribution in [0.3, 0.4) is 0 Å². The van der Waals surface area contributed by atoms with Crippen molar-refractivity contribution in [3.8, 4) is 0 Å². The first-order valence-electron chi connectivity index (χ1n) is 5.99. The van der Waals surface area contributed by atoms with Gasteiger partial charge in [0.25, 0.3) is 0 Å². The molecule has 0 saturated heterocycles. The van der Waals surface area contributed by atoms with Gasteiger partial charge in [-0.25, -0.2) is 4.98 Å². The smallest absolute Gasteiger partial charge is 0.226 e. The van der Waals surface area contributed by atoms with Gasteiger partial charge in [0.2, 0.25) is 5.91 Å². The number of fused-ring (bicyclic) bond motifs is 1. The molecule has 96 valence electrons. The zero-order valence-electron chi connectivity index (χ0n) is 10.1. The standard InChI is InChI=1S/C14H12BrN3O/c15-10-6-12-14(16-8-10)18-11(7-13(19)17-12)9-4-2-1-3-5-9/h1-6,8,11H,7H2,(H,16,18)(H,17,19). The van der Waals surface area contributed by atoms with Gasteiger partial charge in [0.15, 0.2) is 0 Å². The quantitative estimate of drug-likeness (QED) is 0.848. The van der Waals surface area contributed by atoms with Crippen LogP contribution >= 0.6 is 15.9 Å². The lowest BCUT2D eigenvalue weighted by Crippen LogP contribution is -2.15. The van der Waals surface area contributed by atoms with E-state index in [-0.39, 0.29) is 11.9 Å². The Morgan fingerprint density at radius 3 is 2.84 bits per heavy atom. The van der Waals surface area contributed by atoms with E-state index in [1.807, 2.05) is 36.4 Å². The van der Waals surface area contributed by atoms with Crippen LogP contribution in [0.2, 0.25) is 0 Å². The van der Waals surface area contributed by atoms with Crippen LogP contribution in [0.15, 0.2) is 47.1 Å². The third kappa shape index (κ3) is 2.61. The molecule has 1 atom stereocenters. The lowest BCUT2D eigenvalue weighted by molar-refractivity contribution is -0.116. The van der Waals surface area contributed by atoms with Gasteiger partial charge in [-0.2, -0.15) is 0 Å². The van der Waals surface area contributed by atoms with Crippen LogP contribution in [-0.2, 0) is 4.79 Å². The molecule has 2 heterocycles. The van der Waals surface area contributed by atoms with Gasteiger partial charge in [0.1, 0.15) is 5.82 Å². The van der Waals surface area contributed by atoms with Crippen molar-refractivity contribution >= 4 is 33.3 Å². The van der Waals surface area contributed by atoms with E-state index in [4.69, 9.17) is 0 Å². The molecule has 19 heavy (non-hydrogen) atoms. The van der Waals surface area contributed by atoms with E-state index >= 15 is 0 Å². The van der Waals surface area contributed by atoms with Crippen LogP contribution in [-0.4, -0.2) is 10.9 Å². The summed E-state index contributed by atoms with van der Waals surface area (Å²) in [4.78, 5) is 16.3. The third-order valence-corrected chi connectivity index (χ3v) is 3.46. The zero-order chi connectivity index (χ0) is 13.2. The van der Waals surface area contributed by atoms with Gasteiger partial charge in [-0.3, -0.25) is 4.79 Å². The molecule has 0 fully saturated rings. The molecule has 2 N–H and O–H groups in total. The molecular weight excluding hydrogens is 306 g/mol. The van der Waals surface area contributed by atoms with Crippen molar-refractivity contribution in [1.29, 1.82) is 0 Å². The summed E-state index contributed by atoms with van der Waals surface area (Å²) in [5.74, 6) is 0.683. The minimum absolute atomic E-state index is 0.0139. The highest BCUT2D eigenvalue weighted by atomic mass is 79.9. The molecular formula is C14H12BrN3O. The number of carbonyl (C=O) groups excluding carboxylic acids is 1. The number of hydrogen-bond acceptors (Lipinski definition) is 3. The predicted octanol–water partition coefficient (Wildman–Crippen LogP) is 3.34. The fourth-order valence-electron chi connectivity index (χ4n) is 2.14. The van der Waals surface area contributed by atoms with Crippen molar-refractivity contribution < 1.29 is 4.79 Å². The minimum atomic E-state index is -0.0591. The lowest BCUT2D eigenvalue weighted by Gasteiger charge is -2.16. The van der Waals surface area contributed by atoms with Gasteiger partial charge in [-0.05, 0) is 27.6 Å². The van der Waals surface area contributed by atoms with Crippen molar-refractivity contribution in [2.45, 2.75) is 12.5 Å². The van der Waals surface area contributed by atoms with Crippen LogP contribution in [0.25, 0.3) is 0 Å². The Morgan fingerprint density at radius 2 is 2.05 bits per heavy atom. The molecule has 1 aromatic heterocycles. The summed E-state index contributed by atoms with van der Waals surface area (Å²) in [7, 11) is 0. The van der Waals surface area contributed by atoms with E-state index < -0.39 is 0 Å². The average molecular weight is 318 g/mol. The molecule has 5 heteroatoms. The largest absolute Gasteiger partial charge is 0.361 e. The van der Waals surface area contributed by atoms with E-state index in [1.165, 1.54) is 0 Å². The van der Waals surface area contributed by atoms with Crippen LogP contribution in [0, 0.1) is 0 Å². The lowest BCUT2D eigenvalue weighted by atomic mass is 10.0. The number of halogens is 1. The molecule has 1 amide bonds. The number of hydrogen-bond donors (Lipinski definition) is 2. The highest BCUT2D eigenvalue weighted by Gasteiger charge is 2.22. The molecule has 0 radical (unpaired) electrons. The molecule has 1 aromatic carbocycles. The number of anilines is 2. The Bertz CT molecular complexity index is 615. The number of carbonyl (C=O) groups is 1. The maximum absolute atomic E-state index is 11.9. The van der Waals surface area contributed by atoms with Crippen LogP contribution in [0.5, 0.6) is 0 Å². The minimum Gasteiger partial charge on any atom is -0.361 e. The highest BCUT2D eigenvalue weighted by Crippen LogP contribution is 2.31. The summed E-state index contributed by atoms with van der Waals surface area (Å²) in [5, 5.41) is 6.19. The molecule has 1 aliphatic rings. The Balaban J connectivity index is 1.98. The van der Waals surface area contributed by atoms with E-state index in [9.17, 15) is 4.79 Å². The van der Waals surface area contributed by atoms with Crippen molar-refractivity contribution in [3.63, 3.8) is 0 Å². The van der Waals surface area contributed by atoms with Gasteiger partial charge in [-0.1, -0.05) is 30.3 Å². The average Bonchev–Trinajstić information content (AvgIpc) is 2.57. The number of nitrogens with one attached hydrogen (secondary N) is 2. The van der Waals surface area contributed by atoms with Crippen LogP contribution in [0.1, 0.15) is 18.0 Å². The first-order chi connectivity index (χ1) is 9.22. The van der Waals surface area contributed by atoms with E-state index in [1.54, 1.807) is 6.20 Å².